The van der Waals surface area contributed by atoms with Gasteiger partial charge in [-0.1, -0.05) is 30.3 Å². The zero-order chi connectivity index (χ0) is 16.8. The van der Waals surface area contributed by atoms with E-state index in [4.69, 9.17) is 4.74 Å². The van der Waals surface area contributed by atoms with Crippen molar-refractivity contribution in [1.29, 1.82) is 0 Å². The van der Waals surface area contributed by atoms with E-state index in [0.29, 0.717) is 19.8 Å². The third-order valence-corrected chi connectivity index (χ3v) is 4.76. The highest BCUT2D eigenvalue weighted by molar-refractivity contribution is 5.83. The van der Waals surface area contributed by atoms with Gasteiger partial charge in [-0.2, -0.15) is 0 Å². The van der Waals surface area contributed by atoms with Gasteiger partial charge >= 0.3 is 0 Å². The molecular weight excluding hydrogens is 300 g/mol. The minimum Gasteiger partial charge on any atom is -0.381 e. The molecule has 3 rings (SSSR count). The summed E-state index contributed by atoms with van der Waals surface area (Å²) in [5.41, 5.74) is 3.10. The molecule has 24 heavy (non-hydrogen) atoms. The topological polar surface area (TPSA) is 51.2 Å². The van der Waals surface area contributed by atoms with Crippen LogP contribution in [-0.4, -0.2) is 30.6 Å². The number of hydrogen-bond donors (Lipinski definition) is 1. The van der Waals surface area contributed by atoms with Gasteiger partial charge in [0, 0.05) is 32.2 Å². The van der Waals surface area contributed by atoms with Crippen LogP contribution in [0.15, 0.2) is 48.8 Å². The summed E-state index contributed by atoms with van der Waals surface area (Å²) in [5.74, 6) is 0.157. The first-order chi connectivity index (χ1) is 11.7. The highest BCUT2D eigenvalue weighted by Crippen LogP contribution is 2.35. The molecule has 1 N–H and O–H groups in total. The Morgan fingerprint density at radius 3 is 2.54 bits per heavy atom. The summed E-state index contributed by atoms with van der Waals surface area (Å²) in [7, 11) is 0. The van der Waals surface area contributed by atoms with E-state index in [1.54, 1.807) is 6.20 Å². The Bertz CT molecular complexity index is 662. The molecule has 0 radical (unpaired) electrons. The number of amides is 1. The lowest BCUT2D eigenvalue weighted by atomic mass is 9.74. The van der Waals surface area contributed by atoms with Gasteiger partial charge in [-0.3, -0.25) is 9.78 Å². The second-order valence-corrected chi connectivity index (χ2v) is 6.37. The van der Waals surface area contributed by atoms with Crippen molar-refractivity contribution in [3.8, 4) is 11.1 Å². The predicted octanol–water partition coefficient (Wildman–Crippen LogP) is 3.22. The summed E-state index contributed by atoms with van der Waals surface area (Å²) in [6.07, 6.45) is 5.96. The Kier molecular flexibility index (Phi) is 5.26. The number of carbonyl (C=O) groups is 1. The van der Waals surface area contributed by atoms with Gasteiger partial charge in [0.1, 0.15) is 0 Å². The summed E-state index contributed by atoms with van der Waals surface area (Å²) in [5, 5.41) is 3.01. The summed E-state index contributed by atoms with van der Waals surface area (Å²) in [6, 6.07) is 12.5. The maximum Gasteiger partial charge on any atom is 0.226 e. The van der Waals surface area contributed by atoms with Gasteiger partial charge in [-0.15, -0.1) is 0 Å². The van der Waals surface area contributed by atoms with Crippen molar-refractivity contribution in [2.45, 2.75) is 26.2 Å². The Hall–Kier alpha value is -2.20. The van der Waals surface area contributed by atoms with Gasteiger partial charge in [-0.05, 0) is 48.9 Å². The first-order valence-corrected chi connectivity index (χ1v) is 8.59. The predicted molar refractivity (Wildman–Crippen MR) is 94.5 cm³/mol. The van der Waals surface area contributed by atoms with Crippen molar-refractivity contribution in [2.75, 3.05) is 19.8 Å². The van der Waals surface area contributed by atoms with E-state index in [9.17, 15) is 4.79 Å². The van der Waals surface area contributed by atoms with Gasteiger partial charge in [0.2, 0.25) is 5.91 Å². The van der Waals surface area contributed by atoms with Crippen molar-refractivity contribution in [1.82, 2.24) is 10.3 Å². The molecule has 2 aromatic rings. The van der Waals surface area contributed by atoms with E-state index >= 15 is 0 Å². The number of benzene rings is 1. The molecule has 1 fully saturated rings. The van der Waals surface area contributed by atoms with Crippen molar-refractivity contribution in [3.63, 3.8) is 0 Å². The summed E-state index contributed by atoms with van der Waals surface area (Å²) < 4.78 is 5.48. The van der Waals surface area contributed by atoms with Crippen LogP contribution >= 0.6 is 0 Å². The Morgan fingerprint density at radius 1 is 1.17 bits per heavy atom. The molecule has 1 aliphatic rings. The molecule has 1 amide bonds. The fourth-order valence-electron chi connectivity index (χ4n) is 3.33. The van der Waals surface area contributed by atoms with Crippen molar-refractivity contribution in [3.05, 3.63) is 54.4 Å². The van der Waals surface area contributed by atoms with E-state index < -0.39 is 0 Å². The molecule has 0 unspecified atom stereocenters. The first-order valence-electron chi connectivity index (χ1n) is 8.59. The fraction of sp³-hybridized carbons (Fsp3) is 0.400. The zero-order valence-electron chi connectivity index (χ0n) is 14.1. The Balaban J connectivity index is 1.79. The molecular formula is C20H24N2O2. The molecule has 1 saturated heterocycles. The third-order valence-electron chi connectivity index (χ3n) is 4.76. The van der Waals surface area contributed by atoms with Gasteiger partial charge in [0.15, 0.2) is 0 Å². The largest absolute Gasteiger partial charge is 0.381 e. The van der Waals surface area contributed by atoms with Crippen LogP contribution in [-0.2, 0) is 16.0 Å². The van der Waals surface area contributed by atoms with E-state index in [1.807, 2.05) is 19.2 Å². The van der Waals surface area contributed by atoms with E-state index in [0.717, 1.165) is 30.4 Å². The zero-order valence-corrected chi connectivity index (χ0v) is 14.1. The van der Waals surface area contributed by atoms with Crippen molar-refractivity contribution in [2.24, 2.45) is 5.41 Å². The van der Waals surface area contributed by atoms with Crippen molar-refractivity contribution >= 4 is 5.91 Å². The summed E-state index contributed by atoms with van der Waals surface area (Å²) in [6.45, 7) is 3.95. The second-order valence-electron chi connectivity index (χ2n) is 6.37. The van der Waals surface area contributed by atoms with E-state index in [1.165, 1.54) is 5.56 Å². The van der Waals surface area contributed by atoms with Gasteiger partial charge in [-0.25, -0.2) is 0 Å². The molecule has 0 spiro atoms. The maximum atomic E-state index is 12.6. The lowest BCUT2D eigenvalue weighted by Gasteiger charge is -2.36. The molecule has 4 heteroatoms. The third kappa shape index (κ3) is 3.65. The van der Waals surface area contributed by atoms with Crippen LogP contribution in [0.4, 0.5) is 0 Å². The lowest BCUT2D eigenvalue weighted by molar-refractivity contribution is -0.136. The van der Waals surface area contributed by atoms with Gasteiger partial charge in [0.25, 0.3) is 0 Å². The summed E-state index contributed by atoms with van der Waals surface area (Å²) >= 11 is 0. The second kappa shape index (κ2) is 7.58. The van der Waals surface area contributed by atoms with E-state index in [2.05, 4.69) is 40.6 Å². The molecule has 1 aromatic heterocycles. The Morgan fingerprint density at radius 2 is 1.92 bits per heavy atom. The van der Waals surface area contributed by atoms with Gasteiger partial charge < -0.3 is 10.1 Å². The number of nitrogens with zero attached hydrogens (tertiary/aromatic N) is 1. The summed E-state index contributed by atoms with van der Waals surface area (Å²) in [4.78, 5) is 16.8. The van der Waals surface area contributed by atoms with Crippen LogP contribution in [0, 0.1) is 5.41 Å². The van der Waals surface area contributed by atoms with Gasteiger partial charge in [0.05, 0.1) is 5.41 Å². The average Bonchev–Trinajstić information content (AvgIpc) is 2.64. The highest BCUT2D eigenvalue weighted by Gasteiger charge is 2.39. The number of pyridine rings is 1. The molecule has 0 saturated carbocycles. The van der Waals surface area contributed by atoms with Crippen LogP contribution in [0.25, 0.3) is 11.1 Å². The van der Waals surface area contributed by atoms with Crippen molar-refractivity contribution < 1.29 is 9.53 Å². The number of nitrogens with one attached hydrogen (secondary N) is 1. The smallest absolute Gasteiger partial charge is 0.226 e. The number of ether oxygens (including phenoxy) is 1. The molecule has 1 aliphatic heterocycles. The van der Waals surface area contributed by atoms with Crippen LogP contribution in [0.5, 0.6) is 0 Å². The van der Waals surface area contributed by atoms with Crippen LogP contribution < -0.4 is 5.32 Å². The lowest BCUT2D eigenvalue weighted by Crippen LogP contribution is -2.46. The quantitative estimate of drug-likeness (QED) is 0.919. The van der Waals surface area contributed by atoms with Crippen LogP contribution in [0.1, 0.15) is 25.3 Å². The number of aromatic nitrogens is 1. The normalized spacial score (nSPS) is 16.5. The molecule has 1 aromatic carbocycles. The molecule has 0 atom stereocenters. The van der Waals surface area contributed by atoms with Crippen LogP contribution in [0.2, 0.25) is 0 Å². The SMILES string of the molecule is CCNC(=O)C1(Cc2ccc(-c3cccnc3)cc2)CCOCC1. The number of rotatable bonds is 5. The number of carbonyl (C=O) groups excluding carboxylic acids is 1. The molecule has 2 heterocycles. The minimum absolute atomic E-state index is 0.157. The average molecular weight is 324 g/mol. The maximum absolute atomic E-state index is 12.6. The molecule has 4 nitrogen and oxygen atoms in total. The number of hydrogen-bond acceptors (Lipinski definition) is 3. The minimum atomic E-state index is -0.343. The molecule has 0 aliphatic carbocycles. The monoisotopic (exact) mass is 324 g/mol. The highest BCUT2D eigenvalue weighted by atomic mass is 16.5. The first kappa shape index (κ1) is 16.7. The standard InChI is InChI=1S/C20H24N2O2/c1-2-22-19(23)20(9-12-24-13-10-20)14-16-5-7-17(8-6-16)18-4-3-11-21-15-18/h3-8,11,15H,2,9-10,12-14H2,1H3,(H,22,23). The van der Waals surface area contributed by atoms with E-state index in [-0.39, 0.29) is 11.3 Å². The Labute approximate surface area is 143 Å². The fourth-order valence-corrected chi connectivity index (χ4v) is 3.33. The van der Waals surface area contributed by atoms with Crippen LogP contribution in [0.3, 0.4) is 0 Å². The molecule has 126 valence electrons. The molecule has 0 bridgehead atoms.